The summed E-state index contributed by atoms with van der Waals surface area (Å²) in [5.74, 6) is 1.30. The standard InChI is InChI=1S/C10H15N5O/c1-7(11)9-5-12-6-15(9)4-3-10-13-8(2)14-16-10/h5-7H,3-4,11H2,1-2H3. The first-order valence-corrected chi connectivity index (χ1v) is 5.21. The molecule has 0 saturated carbocycles. The number of imidazole rings is 1. The van der Waals surface area contributed by atoms with Crippen LogP contribution >= 0.6 is 0 Å². The fraction of sp³-hybridized carbons (Fsp3) is 0.500. The van der Waals surface area contributed by atoms with E-state index < -0.39 is 0 Å². The van der Waals surface area contributed by atoms with Crippen molar-refractivity contribution in [1.82, 2.24) is 19.7 Å². The van der Waals surface area contributed by atoms with Gasteiger partial charge >= 0.3 is 0 Å². The largest absolute Gasteiger partial charge is 0.339 e. The molecule has 16 heavy (non-hydrogen) atoms. The Balaban J connectivity index is 2.02. The molecule has 0 aliphatic heterocycles. The van der Waals surface area contributed by atoms with E-state index in [4.69, 9.17) is 10.3 Å². The van der Waals surface area contributed by atoms with Crippen LogP contribution in [-0.2, 0) is 13.0 Å². The third-order valence-electron chi connectivity index (χ3n) is 2.35. The van der Waals surface area contributed by atoms with Gasteiger partial charge in [0.05, 0.1) is 12.0 Å². The van der Waals surface area contributed by atoms with Gasteiger partial charge in [0.2, 0.25) is 5.89 Å². The fourth-order valence-corrected chi connectivity index (χ4v) is 1.55. The second kappa shape index (κ2) is 4.44. The highest BCUT2D eigenvalue weighted by Crippen LogP contribution is 2.09. The zero-order valence-corrected chi connectivity index (χ0v) is 9.42. The number of aromatic nitrogens is 4. The first-order valence-electron chi connectivity index (χ1n) is 5.21. The Kier molecular flexibility index (Phi) is 3.00. The SMILES string of the molecule is Cc1noc(CCn2cncc2C(C)N)n1. The van der Waals surface area contributed by atoms with Crippen LogP contribution in [0.1, 0.15) is 30.4 Å². The summed E-state index contributed by atoms with van der Waals surface area (Å²) in [6.07, 6.45) is 4.24. The van der Waals surface area contributed by atoms with Gasteiger partial charge in [0, 0.05) is 25.2 Å². The maximum Gasteiger partial charge on any atom is 0.228 e. The summed E-state index contributed by atoms with van der Waals surface area (Å²) in [6, 6.07) is -0.0214. The first kappa shape index (κ1) is 10.8. The Labute approximate surface area is 93.5 Å². The highest BCUT2D eigenvalue weighted by Gasteiger charge is 2.08. The van der Waals surface area contributed by atoms with Gasteiger partial charge < -0.3 is 14.8 Å². The highest BCUT2D eigenvalue weighted by atomic mass is 16.5. The molecule has 1 atom stereocenters. The van der Waals surface area contributed by atoms with Crippen LogP contribution in [0.25, 0.3) is 0 Å². The molecular weight excluding hydrogens is 206 g/mol. The zero-order valence-electron chi connectivity index (χ0n) is 9.42. The molecule has 0 fully saturated rings. The summed E-state index contributed by atoms with van der Waals surface area (Å²) in [5.41, 5.74) is 6.83. The van der Waals surface area contributed by atoms with E-state index >= 15 is 0 Å². The van der Waals surface area contributed by atoms with E-state index in [1.165, 1.54) is 0 Å². The Hall–Kier alpha value is -1.69. The summed E-state index contributed by atoms with van der Waals surface area (Å²) in [7, 11) is 0. The molecule has 6 nitrogen and oxygen atoms in total. The van der Waals surface area contributed by atoms with Crippen molar-refractivity contribution in [2.24, 2.45) is 5.73 Å². The molecule has 0 spiro atoms. The summed E-state index contributed by atoms with van der Waals surface area (Å²) >= 11 is 0. The molecule has 2 aromatic rings. The van der Waals surface area contributed by atoms with Crippen molar-refractivity contribution in [3.63, 3.8) is 0 Å². The van der Waals surface area contributed by atoms with Gasteiger partial charge in [0.25, 0.3) is 0 Å². The molecule has 2 N–H and O–H groups in total. The van der Waals surface area contributed by atoms with Crippen LogP contribution in [0.4, 0.5) is 0 Å². The van der Waals surface area contributed by atoms with Crippen LogP contribution in [0.3, 0.4) is 0 Å². The van der Waals surface area contributed by atoms with Gasteiger partial charge in [0.1, 0.15) is 0 Å². The minimum absolute atomic E-state index is 0.0214. The molecule has 2 aromatic heterocycles. The van der Waals surface area contributed by atoms with Crippen LogP contribution in [-0.4, -0.2) is 19.7 Å². The Morgan fingerprint density at radius 2 is 2.38 bits per heavy atom. The molecular formula is C10H15N5O. The zero-order chi connectivity index (χ0) is 11.5. The Morgan fingerprint density at radius 3 is 3.00 bits per heavy atom. The van der Waals surface area contributed by atoms with Crippen LogP contribution in [0.5, 0.6) is 0 Å². The van der Waals surface area contributed by atoms with Gasteiger partial charge in [-0.1, -0.05) is 5.16 Å². The predicted molar refractivity (Wildman–Crippen MR) is 57.6 cm³/mol. The minimum atomic E-state index is -0.0214. The lowest BCUT2D eigenvalue weighted by Crippen LogP contribution is -2.12. The van der Waals surface area contributed by atoms with Gasteiger partial charge in [0.15, 0.2) is 5.82 Å². The molecule has 2 rings (SSSR count). The van der Waals surface area contributed by atoms with Crippen LogP contribution < -0.4 is 5.73 Å². The van der Waals surface area contributed by atoms with Gasteiger partial charge in [-0.3, -0.25) is 0 Å². The van der Waals surface area contributed by atoms with Gasteiger partial charge in [-0.05, 0) is 13.8 Å². The molecule has 0 aliphatic carbocycles. The quantitative estimate of drug-likeness (QED) is 0.827. The molecule has 0 aliphatic rings. The van der Waals surface area contributed by atoms with Gasteiger partial charge in [-0.2, -0.15) is 4.98 Å². The third-order valence-corrected chi connectivity index (χ3v) is 2.35. The molecule has 0 radical (unpaired) electrons. The maximum atomic E-state index is 5.82. The second-order valence-corrected chi connectivity index (χ2v) is 3.79. The van der Waals surface area contributed by atoms with Crippen molar-refractivity contribution in [2.45, 2.75) is 32.9 Å². The van der Waals surface area contributed by atoms with E-state index in [1.54, 1.807) is 19.4 Å². The summed E-state index contributed by atoms with van der Waals surface area (Å²) < 4.78 is 7.04. The molecule has 0 saturated heterocycles. The lowest BCUT2D eigenvalue weighted by Gasteiger charge is -2.08. The Bertz CT molecular complexity index is 459. The van der Waals surface area contributed by atoms with E-state index in [0.29, 0.717) is 18.1 Å². The van der Waals surface area contributed by atoms with Crippen LogP contribution in [0.2, 0.25) is 0 Å². The first-order chi connectivity index (χ1) is 7.66. The molecule has 6 heteroatoms. The topological polar surface area (TPSA) is 82.8 Å². The minimum Gasteiger partial charge on any atom is -0.339 e. The molecule has 0 amide bonds. The number of rotatable bonds is 4. The lowest BCUT2D eigenvalue weighted by atomic mass is 10.2. The third kappa shape index (κ3) is 2.27. The monoisotopic (exact) mass is 221 g/mol. The molecule has 2 heterocycles. The molecule has 0 aromatic carbocycles. The highest BCUT2D eigenvalue weighted by molar-refractivity contribution is 5.03. The van der Waals surface area contributed by atoms with Crippen molar-refractivity contribution in [2.75, 3.05) is 0 Å². The maximum absolute atomic E-state index is 5.82. The van der Waals surface area contributed by atoms with Gasteiger partial charge in [-0.15, -0.1) is 0 Å². The predicted octanol–water partition coefficient (Wildman–Crippen LogP) is 0.837. The number of nitrogens with two attached hydrogens (primary N) is 1. The normalized spacial score (nSPS) is 12.9. The van der Waals surface area contributed by atoms with Gasteiger partial charge in [-0.25, -0.2) is 4.98 Å². The fourth-order valence-electron chi connectivity index (χ4n) is 1.55. The van der Waals surface area contributed by atoms with E-state index in [9.17, 15) is 0 Å². The number of hydrogen-bond donors (Lipinski definition) is 1. The molecule has 0 bridgehead atoms. The average Bonchev–Trinajstić information content (AvgIpc) is 2.83. The second-order valence-electron chi connectivity index (χ2n) is 3.79. The van der Waals surface area contributed by atoms with Crippen LogP contribution in [0, 0.1) is 6.92 Å². The van der Waals surface area contributed by atoms with Crippen molar-refractivity contribution in [3.05, 3.63) is 29.9 Å². The van der Waals surface area contributed by atoms with Crippen molar-refractivity contribution in [1.29, 1.82) is 0 Å². The Morgan fingerprint density at radius 1 is 1.56 bits per heavy atom. The van der Waals surface area contributed by atoms with E-state index in [2.05, 4.69) is 15.1 Å². The van der Waals surface area contributed by atoms with Crippen molar-refractivity contribution in [3.8, 4) is 0 Å². The molecule has 86 valence electrons. The molecule has 1 unspecified atom stereocenters. The average molecular weight is 221 g/mol. The van der Waals surface area contributed by atoms with E-state index in [-0.39, 0.29) is 6.04 Å². The lowest BCUT2D eigenvalue weighted by molar-refractivity contribution is 0.367. The smallest absolute Gasteiger partial charge is 0.228 e. The van der Waals surface area contributed by atoms with Crippen molar-refractivity contribution < 1.29 is 4.52 Å². The van der Waals surface area contributed by atoms with Crippen molar-refractivity contribution >= 4 is 0 Å². The summed E-state index contributed by atoms with van der Waals surface area (Å²) in [6.45, 7) is 4.49. The number of aryl methyl sites for hydroxylation is 3. The number of hydrogen-bond acceptors (Lipinski definition) is 5. The number of nitrogens with zero attached hydrogens (tertiary/aromatic N) is 4. The van der Waals surface area contributed by atoms with E-state index in [1.807, 2.05) is 11.5 Å². The summed E-state index contributed by atoms with van der Waals surface area (Å²) in [5, 5.41) is 3.74. The van der Waals surface area contributed by atoms with Crippen LogP contribution in [0.15, 0.2) is 17.0 Å². The van der Waals surface area contributed by atoms with E-state index in [0.717, 1.165) is 12.2 Å². The summed E-state index contributed by atoms with van der Waals surface area (Å²) in [4.78, 5) is 8.22.